The molecule has 1 fully saturated rings. The fourth-order valence-electron chi connectivity index (χ4n) is 1.64. The SMILES string of the molecule is Cc1ccc(NC(=O)NN2CC(=O)N(C)C2=O)cc1Br. The number of imide groups is 1. The summed E-state index contributed by atoms with van der Waals surface area (Å²) in [5.41, 5.74) is 3.94. The first-order valence-electron chi connectivity index (χ1n) is 5.80. The number of hydrogen-bond acceptors (Lipinski definition) is 3. The molecule has 1 heterocycles. The molecule has 5 amide bonds. The molecule has 1 aromatic rings. The number of aryl methyl sites for hydroxylation is 1. The van der Waals surface area contributed by atoms with E-state index in [0.717, 1.165) is 19.9 Å². The maximum absolute atomic E-state index is 11.8. The molecular formula is C12H13BrN4O3. The van der Waals surface area contributed by atoms with Crippen molar-refractivity contribution in [1.82, 2.24) is 15.3 Å². The topological polar surface area (TPSA) is 81.8 Å². The second-order valence-corrected chi connectivity index (χ2v) is 5.21. The third-order valence-corrected chi connectivity index (χ3v) is 3.71. The summed E-state index contributed by atoms with van der Waals surface area (Å²) < 4.78 is 0.863. The number of nitrogens with zero attached hydrogens (tertiary/aromatic N) is 2. The molecule has 0 aromatic heterocycles. The average molecular weight is 341 g/mol. The molecule has 7 nitrogen and oxygen atoms in total. The number of amides is 5. The molecule has 0 unspecified atom stereocenters. The number of urea groups is 2. The van der Waals surface area contributed by atoms with Crippen LogP contribution in [0.5, 0.6) is 0 Å². The Bertz CT molecular complexity index is 590. The predicted octanol–water partition coefficient (Wildman–Crippen LogP) is 1.69. The van der Waals surface area contributed by atoms with Gasteiger partial charge in [0.05, 0.1) is 0 Å². The molecule has 8 heteroatoms. The summed E-state index contributed by atoms with van der Waals surface area (Å²) >= 11 is 3.36. The molecule has 0 bridgehead atoms. The Balaban J connectivity index is 1.98. The van der Waals surface area contributed by atoms with Crippen LogP contribution in [0.1, 0.15) is 5.56 Å². The first kappa shape index (κ1) is 14.3. The van der Waals surface area contributed by atoms with Crippen molar-refractivity contribution in [1.29, 1.82) is 0 Å². The van der Waals surface area contributed by atoms with Crippen molar-refractivity contribution >= 4 is 39.6 Å². The van der Waals surface area contributed by atoms with Gasteiger partial charge in [0.25, 0.3) is 5.91 Å². The van der Waals surface area contributed by atoms with Gasteiger partial charge in [-0.15, -0.1) is 0 Å². The Labute approximate surface area is 124 Å². The maximum Gasteiger partial charge on any atom is 0.345 e. The van der Waals surface area contributed by atoms with E-state index in [1.54, 1.807) is 12.1 Å². The molecule has 1 saturated heterocycles. The first-order valence-corrected chi connectivity index (χ1v) is 6.59. The van der Waals surface area contributed by atoms with Gasteiger partial charge in [0.1, 0.15) is 6.54 Å². The van der Waals surface area contributed by atoms with Crippen molar-refractivity contribution in [3.63, 3.8) is 0 Å². The molecule has 0 saturated carbocycles. The number of anilines is 1. The summed E-state index contributed by atoms with van der Waals surface area (Å²) in [7, 11) is 1.36. The number of carbonyl (C=O) groups excluding carboxylic acids is 3. The summed E-state index contributed by atoms with van der Waals surface area (Å²) in [6, 6.07) is 4.19. The van der Waals surface area contributed by atoms with E-state index in [1.807, 2.05) is 13.0 Å². The monoisotopic (exact) mass is 340 g/mol. The summed E-state index contributed by atoms with van der Waals surface area (Å²) in [6.07, 6.45) is 0. The number of halogens is 1. The van der Waals surface area contributed by atoms with E-state index in [4.69, 9.17) is 0 Å². The van der Waals surface area contributed by atoms with E-state index in [0.29, 0.717) is 5.69 Å². The zero-order chi connectivity index (χ0) is 14.9. The van der Waals surface area contributed by atoms with Crippen LogP contribution in [0.3, 0.4) is 0 Å². The number of likely N-dealkylation sites (N-methyl/N-ethyl adjacent to an activating group) is 1. The van der Waals surface area contributed by atoms with Gasteiger partial charge in [-0.3, -0.25) is 9.69 Å². The van der Waals surface area contributed by atoms with Crippen molar-refractivity contribution in [2.45, 2.75) is 6.92 Å². The summed E-state index contributed by atoms with van der Waals surface area (Å²) in [5, 5.41) is 3.54. The maximum atomic E-state index is 11.8. The Hall–Kier alpha value is -2.09. The van der Waals surface area contributed by atoms with Crippen LogP contribution in [0.25, 0.3) is 0 Å². The fourth-order valence-corrected chi connectivity index (χ4v) is 2.02. The van der Waals surface area contributed by atoms with Crippen molar-refractivity contribution in [2.75, 3.05) is 18.9 Å². The number of rotatable bonds is 2. The number of hydrazine groups is 1. The van der Waals surface area contributed by atoms with Gasteiger partial charge in [0.2, 0.25) is 0 Å². The lowest BCUT2D eigenvalue weighted by Crippen LogP contribution is -2.46. The molecule has 0 atom stereocenters. The summed E-state index contributed by atoms with van der Waals surface area (Å²) in [4.78, 5) is 35.6. The fraction of sp³-hybridized carbons (Fsp3) is 0.250. The Kier molecular flexibility index (Phi) is 3.93. The van der Waals surface area contributed by atoms with Crippen LogP contribution < -0.4 is 10.7 Å². The van der Waals surface area contributed by atoms with E-state index < -0.39 is 12.1 Å². The highest BCUT2D eigenvalue weighted by molar-refractivity contribution is 9.10. The molecule has 1 aromatic carbocycles. The molecule has 1 aliphatic heterocycles. The van der Waals surface area contributed by atoms with Gasteiger partial charge in [-0.05, 0) is 24.6 Å². The molecule has 2 rings (SSSR count). The smallest absolute Gasteiger partial charge is 0.307 e. The predicted molar refractivity (Wildman–Crippen MR) is 75.9 cm³/mol. The third-order valence-electron chi connectivity index (χ3n) is 2.85. The van der Waals surface area contributed by atoms with E-state index in [-0.39, 0.29) is 12.5 Å². The van der Waals surface area contributed by atoms with E-state index >= 15 is 0 Å². The Morgan fingerprint density at radius 3 is 2.60 bits per heavy atom. The van der Waals surface area contributed by atoms with Crippen LogP contribution in [0.4, 0.5) is 15.3 Å². The van der Waals surface area contributed by atoms with Crippen LogP contribution in [-0.2, 0) is 4.79 Å². The number of nitrogens with one attached hydrogen (secondary N) is 2. The molecular weight excluding hydrogens is 328 g/mol. The van der Waals surface area contributed by atoms with E-state index in [9.17, 15) is 14.4 Å². The van der Waals surface area contributed by atoms with Gasteiger partial charge in [0.15, 0.2) is 0 Å². The number of hydrogen-bond donors (Lipinski definition) is 2. The lowest BCUT2D eigenvalue weighted by Gasteiger charge is -2.16. The largest absolute Gasteiger partial charge is 0.345 e. The second-order valence-electron chi connectivity index (χ2n) is 4.35. The van der Waals surface area contributed by atoms with Crippen LogP contribution >= 0.6 is 15.9 Å². The van der Waals surface area contributed by atoms with Crippen molar-refractivity contribution < 1.29 is 14.4 Å². The van der Waals surface area contributed by atoms with Crippen LogP contribution in [0.15, 0.2) is 22.7 Å². The highest BCUT2D eigenvalue weighted by atomic mass is 79.9. The Morgan fingerprint density at radius 2 is 2.05 bits per heavy atom. The van der Waals surface area contributed by atoms with E-state index in [2.05, 4.69) is 26.7 Å². The van der Waals surface area contributed by atoms with Gasteiger partial charge in [-0.25, -0.2) is 20.0 Å². The Morgan fingerprint density at radius 1 is 1.35 bits per heavy atom. The van der Waals surface area contributed by atoms with Gasteiger partial charge in [0, 0.05) is 17.2 Å². The zero-order valence-electron chi connectivity index (χ0n) is 10.9. The minimum atomic E-state index is -0.586. The van der Waals surface area contributed by atoms with Crippen molar-refractivity contribution in [2.24, 2.45) is 0 Å². The zero-order valence-corrected chi connectivity index (χ0v) is 12.5. The normalized spacial score (nSPS) is 14.8. The highest BCUT2D eigenvalue weighted by Gasteiger charge is 2.34. The molecule has 2 N–H and O–H groups in total. The minimum Gasteiger partial charge on any atom is -0.307 e. The summed E-state index contributed by atoms with van der Waals surface area (Å²) in [6.45, 7) is 1.76. The lowest BCUT2D eigenvalue weighted by molar-refractivity contribution is -0.124. The van der Waals surface area contributed by atoms with Crippen molar-refractivity contribution in [3.05, 3.63) is 28.2 Å². The van der Waals surface area contributed by atoms with Crippen LogP contribution in [0, 0.1) is 6.92 Å². The van der Waals surface area contributed by atoms with Gasteiger partial charge < -0.3 is 5.32 Å². The lowest BCUT2D eigenvalue weighted by atomic mass is 10.2. The standard InChI is InChI=1S/C12H13BrN4O3/c1-7-3-4-8(5-9(7)13)14-11(19)15-17-6-10(18)16(2)12(17)20/h3-5H,6H2,1-2H3,(H2,14,15,19). The molecule has 106 valence electrons. The number of benzene rings is 1. The third kappa shape index (κ3) is 2.90. The molecule has 20 heavy (non-hydrogen) atoms. The first-order chi connectivity index (χ1) is 9.38. The molecule has 0 spiro atoms. The molecule has 1 aliphatic rings. The second kappa shape index (κ2) is 5.49. The number of carbonyl (C=O) groups is 3. The van der Waals surface area contributed by atoms with Crippen molar-refractivity contribution in [3.8, 4) is 0 Å². The van der Waals surface area contributed by atoms with Crippen LogP contribution in [0.2, 0.25) is 0 Å². The quantitative estimate of drug-likeness (QED) is 0.803. The van der Waals surface area contributed by atoms with Gasteiger partial charge in [-0.2, -0.15) is 0 Å². The summed E-state index contributed by atoms with van der Waals surface area (Å²) in [5.74, 6) is -0.367. The molecule has 0 radical (unpaired) electrons. The highest BCUT2D eigenvalue weighted by Crippen LogP contribution is 2.20. The minimum absolute atomic E-state index is 0.166. The van der Waals surface area contributed by atoms with Crippen LogP contribution in [-0.4, -0.2) is 41.5 Å². The average Bonchev–Trinajstić information content (AvgIpc) is 2.61. The van der Waals surface area contributed by atoms with Gasteiger partial charge >= 0.3 is 12.1 Å². The van der Waals surface area contributed by atoms with Gasteiger partial charge in [-0.1, -0.05) is 22.0 Å². The van der Waals surface area contributed by atoms with E-state index in [1.165, 1.54) is 7.05 Å². The molecule has 0 aliphatic carbocycles.